The third-order valence-corrected chi connectivity index (χ3v) is 5.06. The maximum absolute atomic E-state index is 12.4. The summed E-state index contributed by atoms with van der Waals surface area (Å²) in [6.45, 7) is 2.03. The van der Waals surface area contributed by atoms with Crippen molar-refractivity contribution in [2.75, 3.05) is 19.1 Å². The second-order valence-corrected chi connectivity index (χ2v) is 6.97. The first kappa shape index (κ1) is 18.2. The Morgan fingerprint density at radius 2 is 1.96 bits per heavy atom. The van der Waals surface area contributed by atoms with Crippen LogP contribution in [0, 0.1) is 0 Å². The molecule has 2 N–H and O–H groups in total. The van der Waals surface area contributed by atoms with E-state index in [4.69, 9.17) is 9.47 Å². The summed E-state index contributed by atoms with van der Waals surface area (Å²) in [5, 5.41) is 1.84. The van der Waals surface area contributed by atoms with Crippen molar-refractivity contribution in [1.82, 2.24) is 16.0 Å². The lowest BCUT2D eigenvalue weighted by molar-refractivity contribution is 0.175. The molecule has 0 radical (unpaired) electrons. The fourth-order valence-corrected chi connectivity index (χ4v) is 3.66. The molecular weight excluding hydrogens is 356 g/mol. The first-order valence-electron chi connectivity index (χ1n) is 9.31. The second-order valence-electron chi connectivity index (χ2n) is 6.97. The van der Waals surface area contributed by atoms with Gasteiger partial charge in [0.1, 0.15) is 11.5 Å². The number of nitrogens with zero attached hydrogens (tertiary/aromatic N) is 2. The highest BCUT2D eigenvalue weighted by molar-refractivity contribution is 5.91. The van der Waals surface area contributed by atoms with Gasteiger partial charge in [-0.2, -0.15) is 0 Å². The lowest BCUT2D eigenvalue weighted by atomic mass is 9.93. The highest BCUT2D eigenvalue weighted by Gasteiger charge is 2.32. The molecule has 1 atom stereocenters. The highest BCUT2D eigenvalue weighted by Crippen LogP contribution is 2.43. The van der Waals surface area contributed by atoms with E-state index in [0.29, 0.717) is 0 Å². The molecule has 1 amide bonds. The molecule has 2 aromatic rings. The van der Waals surface area contributed by atoms with Gasteiger partial charge in [-0.3, -0.25) is 9.91 Å². The van der Waals surface area contributed by atoms with Gasteiger partial charge in [0.2, 0.25) is 0 Å². The number of benzene rings is 2. The van der Waals surface area contributed by atoms with Crippen molar-refractivity contribution in [3.63, 3.8) is 0 Å². The summed E-state index contributed by atoms with van der Waals surface area (Å²) in [5.74, 6) is 1.50. The first-order chi connectivity index (χ1) is 13.6. The topological polar surface area (TPSA) is 66.1 Å². The Bertz CT molecular complexity index is 913. The smallest absolute Gasteiger partial charge is 0.414 e. The van der Waals surface area contributed by atoms with Crippen LogP contribution in [0.5, 0.6) is 11.5 Å². The van der Waals surface area contributed by atoms with Crippen LogP contribution in [0.2, 0.25) is 0 Å². The quantitative estimate of drug-likeness (QED) is 0.848. The standard InChI is InChI=1S/C21H24N4O3/c1-14-9-10-17-19(25(14)21(26)27-3)12-11-16(18-13-24(2)23-22-18)20(17)28-15-7-5-4-6-8-15/h4-8,11-14,22-23H,9-10H2,1-3H3/t14-/m0/s1. The minimum atomic E-state index is -0.355. The Hall–Kier alpha value is -3.19. The van der Waals surface area contributed by atoms with Gasteiger partial charge in [0.25, 0.3) is 0 Å². The van der Waals surface area contributed by atoms with Crippen LogP contribution in [0.25, 0.3) is 5.70 Å². The number of nitrogens with one attached hydrogen (secondary N) is 2. The van der Waals surface area contributed by atoms with Crippen LogP contribution in [0.15, 0.2) is 48.7 Å². The largest absolute Gasteiger partial charge is 0.456 e. The maximum atomic E-state index is 12.4. The molecule has 0 saturated carbocycles. The van der Waals surface area contributed by atoms with E-state index in [2.05, 4.69) is 11.0 Å². The van der Waals surface area contributed by atoms with Crippen molar-refractivity contribution in [3.8, 4) is 11.5 Å². The van der Waals surface area contributed by atoms with E-state index < -0.39 is 0 Å². The number of amides is 1. The number of hydrazine groups is 2. The van der Waals surface area contributed by atoms with Crippen LogP contribution in [0.1, 0.15) is 24.5 Å². The molecule has 0 spiro atoms. The van der Waals surface area contributed by atoms with E-state index in [1.807, 2.05) is 67.6 Å². The zero-order chi connectivity index (χ0) is 19.7. The van der Waals surface area contributed by atoms with Gasteiger partial charge < -0.3 is 14.9 Å². The fourth-order valence-electron chi connectivity index (χ4n) is 3.66. The summed E-state index contributed by atoms with van der Waals surface area (Å²) in [4.78, 5) is 14.1. The predicted octanol–water partition coefficient (Wildman–Crippen LogP) is 3.64. The highest BCUT2D eigenvalue weighted by atomic mass is 16.5. The van der Waals surface area contributed by atoms with Gasteiger partial charge in [0, 0.05) is 30.4 Å². The fraction of sp³-hybridized carbons (Fsp3) is 0.286. The third-order valence-electron chi connectivity index (χ3n) is 5.06. The molecule has 0 bridgehead atoms. The monoisotopic (exact) mass is 380 g/mol. The summed E-state index contributed by atoms with van der Waals surface area (Å²) in [6.07, 6.45) is 3.26. The van der Waals surface area contributed by atoms with Crippen molar-refractivity contribution in [2.24, 2.45) is 0 Å². The third kappa shape index (κ3) is 3.25. The van der Waals surface area contributed by atoms with E-state index >= 15 is 0 Å². The van der Waals surface area contributed by atoms with Crippen LogP contribution in [-0.2, 0) is 11.2 Å². The summed E-state index contributed by atoms with van der Waals surface area (Å²) in [7, 11) is 3.32. The van der Waals surface area contributed by atoms with Crippen molar-refractivity contribution >= 4 is 17.5 Å². The number of carbonyl (C=O) groups is 1. The Kier molecular flexibility index (Phi) is 4.83. The molecule has 2 aliphatic rings. The van der Waals surface area contributed by atoms with Crippen LogP contribution in [0.3, 0.4) is 0 Å². The van der Waals surface area contributed by atoms with E-state index in [1.165, 1.54) is 7.11 Å². The van der Waals surface area contributed by atoms with E-state index in [1.54, 1.807) is 4.90 Å². The van der Waals surface area contributed by atoms with Crippen LogP contribution in [-0.4, -0.2) is 31.3 Å². The first-order valence-corrected chi connectivity index (χ1v) is 9.31. The zero-order valence-corrected chi connectivity index (χ0v) is 16.2. The van der Waals surface area contributed by atoms with Gasteiger partial charge in [-0.15, -0.1) is 5.53 Å². The number of methoxy groups -OCH3 is 1. The van der Waals surface area contributed by atoms with Crippen LogP contribution in [0.4, 0.5) is 10.5 Å². The van der Waals surface area contributed by atoms with Crippen LogP contribution < -0.4 is 20.6 Å². The maximum Gasteiger partial charge on any atom is 0.414 e. The van der Waals surface area contributed by atoms with Gasteiger partial charge in [0.05, 0.1) is 18.5 Å². The number of para-hydroxylation sites is 1. The van der Waals surface area contributed by atoms with Gasteiger partial charge in [-0.05, 0) is 44.0 Å². The minimum absolute atomic E-state index is 0.0620. The molecule has 0 unspecified atom stereocenters. The number of hydrogen-bond donors (Lipinski definition) is 2. The average Bonchev–Trinajstić information content (AvgIpc) is 3.14. The Morgan fingerprint density at radius 1 is 1.18 bits per heavy atom. The van der Waals surface area contributed by atoms with Crippen LogP contribution >= 0.6 is 0 Å². The van der Waals surface area contributed by atoms with Crippen molar-refractivity contribution in [3.05, 3.63) is 59.8 Å². The Labute approximate surface area is 164 Å². The zero-order valence-electron chi connectivity index (χ0n) is 16.2. The van der Waals surface area contributed by atoms with Gasteiger partial charge in [-0.25, -0.2) is 4.79 Å². The Morgan fingerprint density at radius 3 is 2.64 bits per heavy atom. The minimum Gasteiger partial charge on any atom is -0.456 e. The number of rotatable bonds is 3. The van der Waals surface area contributed by atoms with Gasteiger partial charge in [-0.1, -0.05) is 18.2 Å². The molecule has 7 heteroatoms. The second kappa shape index (κ2) is 7.44. The van der Waals surface area contributed by atoms with Crippen molar-refractivity contribution in [2.45, 2.75) is 25.8 Å². The van der Waals surface area contributed by atoms with Crippen molar-refractivity contribution < 1.29 is 14.3 Å². The average molecular weight is 380 g/mol. The lowest BCUT2D eigenvalue weighted by Gasteiger charge is -2.35. The van der Waals surface area contributed by atoms with Crippen molar-refractivity contribution in [1.29, 1.82) is 0 Å². The molecule has 2 heterocycles. The molecule has 2 aliphatic heterocycles. The summed E-state index contributed by atoms with van der Waals surface area (Å²) >= 11 is 0. The lowest BCUT2D eigenvalue weighted by Crippen LogP contribution is -2.42. The molecule has 0 fully saturated rings. The van der Waals surface area contributed by atoms with E-state index in [-0.39, 0.29) is 12.1 Å². The van der Waals surface area contributed by atoms with Gasteiger partial charge in [0.15, 0.2) is 0 Å². The number of fused-ring (bicyclic) bond motifs is 1. The Balaban J connectivity index is 1.85. The SMILES string of the molecule is COC(=O)N1c2ccc(C3=CN(C)NN3)c(Oc3ccccc3)c2CC[C@@H]1C. The molecule has 0 aromatic heterocycles. The summed E-state index contributed by atoms with van der Waals surface area (Å²) in [6, 6.07) is 13.7. The number of hydrogen-bond acceptors (Lipinski definition) is 6. The molecule has 28 heavy (non-hydrogen) atoms. The molecule has 0 aliphatic carbocycles. The molecule has 7 nitrogen and oxygen atoms in total. The summed E-state index contributed by atoms with van der Waals surface area (Å²) < 4.78 is 11.4. The predicted molar refractivity (Wildman–Crippen MR) is 108 cm³/mol. The summed E-state index contributed by atoms with van der Waals surface area (Å²) in [5.41, 5.74) is 9.86. The molecule has 4 rings (SSSR count). The molecule has 146 valence electrons. The van der Waals surface area contributed by atoms with E-state index in [0.717, 1.165) is 46.9 Å². The van der Waals surface area contributed by atoms with Gasteiger partial charge >= 0.3 is 6.09 Å². The molecule has 2 aromatic carbocycles. The number of anilines is 1. The number of ether oxygens (including phenoxy) is 2. The molecular formula is C21H24N4O3. The van der Waals surface area contributed by atoms with E-state index in [9.17, 15) is 4.79 Å². The molecule has 0 saturated heterocycles. The number of carbonyl (C=O) groups excluding carboxylic acids is 1. The normalized spacial score (nSPS) is 18.2.